The molecule has 0 atom stereocenters. The maximum atomic E-state index is 12.3. The fourth-order valence-corrected chi connectivity index (χ4v) is 5.07. The Kier molecular flexibility index (Phi) is 18.6. The number of hydrogen-bond donors (Lipinski definition) is 0. The van der Waals surface area contributed by atoms with Crippen LogP contribution in [0.4, 0.5) is 0 Å². The van der Waals surface area contributed by atoms with Crippen molar-refractivity contribution in [2.24, 2.45) is 5.92 Å². The Labute approximate surface area is 215 Å². The van der Waals surface area contributed by atoms with Gasteiger partial charge in [-0.05, 0) is 43.4 Å². The van der Waals surface area contributed by atoms with E-state index in [1.54, 1.807) is 12.1 Å². The van der Waals surface area contributed by atoms with Gasteiger partial charge in [0, 0.05) is 29.6 Å². The van der Waals surface area contributed by atoms with Gasteiger partial charge >= 0.3 is 0 Å². The van der Waals surface area contributed by atoms with Crippen LogP contribution < -0.4 is 0 Å². The fourth-order valence-electron chi connectivity index (χ4n) is 3.83. The second kappa shape index (κ2) is 18.5. The molecular weight excluding hydrogens is 415 g/mol. The van der Waals surface area contributed by atoms with Crippen LogP contribution in [0.5, 0.6) is 0 Å². The van der Waals surface area contributed by atoms with E-state index in [1.807, 2.05) is 19.9 Å². The third-order valence-corrected chi connectivity index (χ3v) is 7.45. The molecule has 0 aliphatic rings. The fraction of sp³-hybridized carbons (Fsp3) is 0.769. The molecule has 3 nitrogen and oxygen atoms in total. The normalized spacial score (nSPS) is 11.6. The topological polar surface area (TPSA) is 43.4 Å². The van der Waals surface area contributed by atoms with Gasteiger partial charge in [-0.2, -0.15) is 8.42 Å². The van der Waals surface area contributed by atoms with Gasteiger partial charge in [-0.15, -0.1) is 0 Å². The predicted molar refractivity (Wildman–Crippen MR) is 134 cm³/mol. The first-order valence-corrected chi connectivity index (χ1v) is 13.7. The van der Waals surface area contributed by atoms with Crippen LogP contribution in [0, 0.1) is 19.8 Å². The molecule has 0 spiro atoms. The summed E-state index contributed by atoms with van der Waals surface area (Å²) in [5.41, 5.74) is 1.75. The summed E-state index contributed by atoms with van der Waals surface area (Å²) in [6, 6.07) is 5.32. The van der Waals surface area contributed by atoms with Crippen LogP contribution in [-0.2, 0) is 14.3 Å². The van der Waals surface area contributed by atoms with E-state index < -0.39 is 10.1 Å². The summed E-state index contributed by atoms with van der Waals surface area (Å²) >= 11 is 0. The first-order valence-electron chi connectivity index (χ1n) is 12.3. The van der Waals surface area contributed by atoms with E-state index >= 15 is 0 Å². The summed E-state index contributed by atoms with van der Waals surface area (Å²) in [5.74, 6) is 0.855. The van der Waals surface area contributed by atoms with E-state index in [1.165, 1.54) is 77.0 Å². The van der Waals surface area contributed by atoms with Gasteiger partial charge in [0.2, 0.25) is 0 Å². The van der Waals surface area contributed by atoms with Crippen molar-refractivity contribution in [3.05, 3.63) is 29.3 Å². The minimum absolute atomic E-state index is 0. The van der Waals surface area contributed by atoms with Crippen LogP contribution >= 0.6 is 0 Å². The molecule has 1 radical (unpaired) electrons. The minimum atomic E-state index is -3.64. The van der Waals surface area contributed by atoms with Crippen molar-refractivity contribution < 1.29 is 12.6 Å². The molecule has 1 rings (SSSR count). The van der Waals surface area contributed by atoms with E-state index in [9.17, 15) is 8.42 Å². The predicted octanol–water partition coefficient (Wildman–Crippen LogP) is 7.75. The van der Waals surface area contributed by atoms with Gasteiger partial charge in [-0.25, -0.2) is 0 Å². The maximum absolute atomic E-state index is 12.3. The van der Waals surface area contributed by atoms with Crippen LogP contribution in [0.2, 0.25) is 0 Å². The van der Waals surface area contributed by atoms with Gasteiger partial charge in [-0.1, -0.05) is 109 Å². The average Bonchev–Trinajstić information content (AvgIpc) is 2.69. The Morgan fingerprint density at radius 2 is 1.19 bits per heavy atom. The number of aryl methyl sites for hydroxylation is 1. The van der Waals surface area contributed by atoms with Crippen LogP contribution in [0.1, 0.15) is 115 Å². The molecule has 1 aromatic carbocycles. The van der Waals surface area contributed by atoms with Crippen molar-refractivity contribution in [1.29, 1.82) is 0 Å². The second-order valence-corrected chi connectivity index (χ2v) is 10.8. The first kappa shape index (κ1) is 31.1. The third kappa shape index (κ3) is 14.8. The number of unbranched alkanes of at least 4 members (excludes halogenated alkanes) is 12. The van der Waals surface area contributed by atoms with Crippen molar-refractivity contribution in [2.75, 3.05) is 6.61 Å². The maximum Gasteiger partial charge on any atom is 0.297 e. The Balaban J connectivity index is 0.00000900. The van der Waals surface area contributed by atoms with Crippen LogP contribution in [0.15, 0.2) is 23.1 Å². The molecule has 0 heterocycles. The molecule has 0 N–H and O–H groups in total. The van der Waals surface area contributed by atoms with Crippen molar-refractivity contribution in [1.82, 2.24) is 0 Å². The molecule has 175 valence electrons. The Morgan fingerprint density at radius 3 is 1.68 bits per heavy atom. The molecule has 1 aromatic rings. The van der Waals surface area contributed by atoms with E-state index in [0.717, 1.165) is 29.9 Å². The van der Waals surface area contributed by atoms with Crippen LogP contribution in [0.3, 0.4) is 0 Å². The van der Waals surface area contributed by atoms with Crippen LogP contribution in [-0.4, -0.2) is 44.6 Å². The largest absolute Gasteiger partial charge is 0.297 e. The Hall–Kier alpha value is 0.130. The molecule has 0 amide bonds. The van der Waals surface area contributed by atoms with Gasteiger partial charge < -0.3 is 0 Å². The standard InChI is InChI=1S/C26H46O3S.Na/c1-23(2)19-16-14-12-10-8-6-5-7-9-11-13-15-17-22-29-30(27,28)26-21-18-20-24(3)25(26)4;/h18,20-21,23H,5-17,19,22H2,1-4H3;. The molecule has 0 aliphatic carbocycles. The minimum Gasteiger partial charge on any atom is -0.266 e. The molecule has 0 aliphatic heterocycles. The quantitative estimate of drug-likeness (QED) is 0.127. The summed E-state index contributed by atoms with van der Waals surface area (Å²) in [6.07, 6.45) is 18.1. The van der Waals surface area contributed by atoms with E-state index in [4.69, 9.17) is 4.18 Å². The Bertz CT molecular complexity index is 671. The Morgan fingerprint density at radius 1 is 0.742 bits per heavy atom. The molecule has 0 unspecified atom stereocenters. The molecule has 0 bridgehead atoms. The first-order chi connectivity index (χ1) is 14.3. The molecule has 5 heteroatoms. The second-order valence-electron chi connectivity index (χ2n) is 9.25. The van der Waals surface area contributed by atoms with Gasteiger partial charge in [0.05, 0.1) is 11.5 Å². The number of hydrogen-bond acceptors (Lipinski definition) is 3. The zero-order chi connectivity index (χ0) is 22.2. The summed E-state index contributed by atoms with van der Waals surface area (Å²) < 4.78 is 29.9. The van der Waals surface area contributed by atoms with Crippen molar-refractivity contribution >= 4 is 39.7 Å². The SMILES string of the molecule is Cc1cccc(S(=O)(=O)OCCCCCCCCCCCCCCCC(C)C)c1C.[Na]. The monoisotopic (exact) mass is 461 g/mol. The van der Waals surface area contributed by atoms with Crippen LogP contribution in [0.25, 0.3) is 0 Å². The smallest absolute Gasteiger partial charge is 0.266 e. The van der Waals surface area contributed by atoms with E-state index in [0.29, 0.717) is 4.90 Å². The molecule has 0 aromatic heterocycles. The van der Waals surface area contributed by atoms with Crippen molar-refractivity contribution in [3.63, 3.8) is 0 Å². The van der Waals surface area contributed by atoms with Crippen molar-refractivity contribution in [3.8, 4) is 0 Å². The summed E-state index contributed by atoms with van der Waals surface area (Å²) in [6.45, 7) is 8.66. The molecule has 31 heavy (non-hydrogen) atoms. The summed E-state index contributed by atoms with van der Waals surface area (Å²) in [7, 11) is -3.64. The zero-order valence-corrected chi connectivity index (χ0v) is 23.9. The summed E-state index contributed by atoms with van der Waals surface area (Å²) in [4.78, 5) is 0.304. The third-order valence-electron chi connectivity index (χ3n) is 5.99. The van der Waals surface area contributed by atoms with Gasteiger partial charge in [-0.3, -0.25) is 4.18 Å². The average molecular weight is 462 g/mol. The van der Waals surface area contributed by atoms with Crippen molar-refractivity contribution in [2.45, 2.75) is 122 Å². The number of benzene rings is 1. The number of rotatable bonds is 18. The van der Waals surface area contributed by atoms with Gasteiger partial charge in [0.15, 0.2) is 0 Å². The zero-order valence-electron chi connectivity index (χ0n) is 21.0. The molecule has 0 saturated heterocycles. The van der Waals surface area contributed by atoms with Gasteiger partial charge in [0.1, 0.15) is 0 Å². The molecule has 0 fully saturated rings. The van der Waals surface area contributed by atoms with Gasteiger partial charge in [0.25, 0.3) is 10.1 Å². The van der Waals surface area contributed by atoms with E-state index in [-0.39, 0.29) is 36.2 Å². The molecular formula is C26H46NaO3S. The summed E-state index contributed by atoms with van der Waals surface area (Å²) in [5, 5.41) is 0. The molecule has 0 saturated carbocycles. The van der Waals surface area contributed by atoms with E-state index in [2.05, 4.69) is 13.8 Å².